The molecule has 0 aliphatic carbocycles. The SMILES string of the molecule is CCCCNC(=O)C(C)N(Cc1cccc(Br)c1)C(=O)CN(c1ccc(C)cc1)S(=O)(=O)c1ccc(OCC)cc1. The minimum absolute atomic E-state index is 0.0261. The molecule has 0 fully saturated rings. The first-order valence-corrected chi connectivity index (χ1v) is 15.9. The van der Waals surface area contributed by atoms with E-state index in [0.29, 0.717) is 24.6 Å². The van der Waals surface area contributed by atoms with Crippen molar-refractivity contribution in [1.82, 2.24) is 10.2 Å². The van der Waals surface area contributed by atoms with Gasteiger partial charge in [0.05, 0.1) is 17.2 Å². The highest BCUT2D eigenvalue weighted by molar-refractivity contribution is 9.10. The van der Waals surface area contributed by atoms with Gasteiger partial charge in [-0.3, -0.25) is 13.9 Å². The van der Waals surface area contributed by atoms with Gasteiger partial charge in [-0.2, -0.15) is 0 Å². The van der Waals surface area contributed by atoms with Gasteiger partial charge in [-0.05, 0) is 81.3 Å². The molecule has 0 aliphatic rings. The number of nitrogens with zero attached hydrogens (tertiary/aromatic N) is 2. The molecular weight excluding hydrogens is 606 g/mol. The molecule has 3 rings (SSSR count). The van der Waals surface area contributed by atoms with Gasteiger partial charge in [0.25, 0.3) is 10.0 Å². The maximum atomic E-state index is 14.0. The van der Waals surface area contributed by atoms with Gasteiger partial charge in [-0.25, -0.2) is 8.42 Å². The summed E-state index contributed by atoms with van der Waals surface area (Å²) in [5.41, 5.74) is 2.10. The lowest BCUT2D eigenvalue weighted by atomic mass is 10.1. The van der Waals surface area contributed by atoms with Gasteiger partial charge in [-0.1, -0.05) is 59.1 Å². The fourth-order valence-electron chi connectivity index (χ4n) is 4.19. The molecule has 0 saturated heterocycles. The van der Waals surface area contributed by atoms with Gasteiger partial charge >= 0.3 is 0 Å². The molecule has 1 atom stereocenters. The van der Waals surface area contributed by atoms with Gasteiger partial charge < -0.3 is 15.0 Å². The molecule has 3 aromatic carbocycles. The standard InChI is InChI=1S/C31H38BrN3O5S/c1-5-7-19-33-31(37)24(4)34(21-25-9-8-10-26(32)20-25)30(36)22-35(27-13-11-23(3)12-14-27)41(38,39)29-17-15-28(16-18-29)40-6-2/h8-18,20,24H,5-7,19,21-22H2,1-4H3,(H,33,37). The highest BCUT2D eigenvalue weighted by Crippen LogP contribution is 2.26. The summed E-state index contributed by atoms with van der Waals surface area (Å²) in [6, 6.07) is 19.7. The van der Waals surface area contributed by atoms with Crippen molar-refractivity contribution in [1.29, 1.82) is 0 Å². The van der Waals surface area contributed by atoms with Gasteiger partial charge in [0.1, 0.15) is 18.3 Å². The van der Waals surface area contributed by atoms with E-state index in [9.17, 15) is 18.0 Å². The van der Waals surface area contributed by atoms with Crippen molar-refractivity contribution in [3.63, 3.8) is 0 Å². The molecule has 0 bridgehead atoms. The van der Waals surface area contributed by atoms with Crippen molar-refractivity contribution in [2.75, 3.05) is 24.0 Å². The molecule has 1 N–H and O–H groups in total. The third kappa shape index (κ3) is 8.81. The normalized spacial score (nSPS) is 11.9. The second-order valence-corrected chi connectivity index (χ2v) is 12.5. The number of carbonyl (C=O) groups is 2. The lowest BCUT2D eigenvalue weighted by Gasteiger charge is -2.32. The molecule has 10 heteroatoms. The van der Waals surface area contributed by atoms with Crippen LogP contribution in [0, 0.1) is 6.92 Å². The molecule has 0 radical (unpaired) electrons. The van der Waals surface area contributed by atoms with Crippen molar-refractivity contribution in [2.45, 2.75) is 58.0 Å². The van der Waals surface area contributed by atoms with E-state index in [4.69, 9.17) is 4.74 Å². The van der Waals surface area contributed by atoms with Crippen LogP contribution in [0.25, 0.3) is 0 Å². The molecule has 0 heterocycles. The van der Waals surface area contributed by atoms with Crippen molar-refractivity contribution in [3.8, 4) is 5.75 Å². The molecule has 0 aliphatic heterocycles. The topological polar surface area (TPSA) is 96.0 Å². The molecule has 3 aromatic rings. The Hall–Kier alpha value is -3.37. The Labute approximate surface area is 251 Å². The highest BCUT2D eigenvalue weighted by Gasteiger charge is 2.32. The molecule has 2 amide bonds. The number of ether oxygens (including phenoxy) is 1. The molecule has 220 valence electrons. The number of hydrogen-bond acceptors (Lipinski definition) is 5. The number of rotatable bonds is 14. The number of amides is 2. The van der Waals surface area contributed by atoms with Gasteiger partial charge in [0.15, 0.2) is 0 Å². The Morgan fingerprint density at radius 1 is 1.00 bits per heavy atom. The average Bonchev–Trinajstić information content (AvgIpc) is 2.95. The number of aryl methyl sites for hydroxylation is 1. The summed E-state index contributed by atoms with van der Waals surface area (Å²) in [5, 5.41) is 2.89. The number of sulfonamides is 1. The summed E-state index contributed by atoms with van der Waals surface area (Å²) in [4.78, 5) is 28.5. The lowest BCUT2D eigenvalue weighted by molar-refractivity contribution is -0.139. The monoisotopic (exact) mass is 643 g/mol. The van der Waals surface area contributed by atoms with Crippen LogP contribution in [-0.2, 0) is 26.2 Å². The third-order valence-corrected chi connectivity index (χ3v) is 8.84. The van der Waals surface area contributed by atoms with E-state index in [1.807, 2.05) is 45.0 Å². The predicted octanol–water partition coefficient (Wildman–Crippen LogP) is 5.69. The van der Waals surface area contributed by atoms with E-state index in [-0.39, 0.29) is 17.3 Å². The zero-order chi connectivity index (χ0) is 30.0. The van der Waals surface area contributed by atoms with E-state index in [1.165, 1.54) is 17.0 Å². The largest absolute Gasteiger partial charge is 0.494 e. The van der Waals surface area contributed by atoms with Crippen molar-refractivity contribution >= 4 is 43.5 Å². The Morgan fingerprint density at radius 3 is 2.29 bits per heavy atom. The van der Waals surface area contributed by atoms with Crippen LogP contribution in [0.4, 0.5) is 5.69 Å². The number of unbranched alkanes of at least 4 members (excludes halogenated alkanes) is 1. The summed E-state index contributed by atoms with van der Waals surface area (Å²) in [6.45, 7) is 8.04. The van der Waals surface area contributed by atoms with Crippen molar-refractivity contribution in [2.24, 2.45) is 0 Å². The minimum Gasteiger partial charge on any atom is -0.494 e. The van der Waals surface area contributed by atoms with Crippen LogP contribution in [-0.4, -0.2) is 50.9 Å². The smallest absolute Gasteiger partial charge is 0.264 e. The first-order chi connectivity index (χ1) is 19.6. The second-order valence-electron chi connectivity index (χ2n) is 9.72. The Morgan fingerprint density at radius 2 is 1.68 bits per heavy atom. The predicted molar refractivity (Wildman–Crippen MR) is 165 cm³/mol. The van der Waals surface area contributed by atoms with E-state index < -0.39 is 28.5 Å². The molecule has 41 heavy (non-hydrogen) atoms. The van der Waals surface area contributed by atoms with Crippen LogP contribution >= 0.6 is 15.9 Å². The fraction of sp³-hybridized carbons (Fsp3) is 0.355. The Bertz CT molecular complexity index is 1410. The number of anilines is 1. The fourth-order valence-corrected chi connectivity index (χ4v) is 6.05. The molecule has 0 aromatic heterocycles. The van der Waals surface area contributed by atoms with E-state index in [0.717, 1.165) is 32.7 Å². The number of carbonyl (C=O) groups excluding carboxylic acids is 2. The quantitative estimate of drug-likeness (QED) is 0.228. The van der Waals surface area contributed by atoms with E-state index in [1.54, 1.807) is 43.3 Å². The summed E-state index contributed by atoms with van der Waals surface area (Å²) in [5.74, 6) is -0.247. The number of benzene rings is 3. The van der Waals surface area contributed by atoms with Crippen LogP contribution in [0.3, 0.4) is 0 Å². The average molecular weight is 645 g/mol. The van der Waals surface area contributed by atoms with Crippen LogP contribution < -0.4 is 14.4 Å². The van der Waals surface area contributed by atoms with Crippen molar-refractivity contribution < 1.29 is 22.7 Å². The third-order valence-electron chi connectivity index (χ3n) is 6.56. The molecule has 1 unspecified atom stereocenters. The zero-order valence-electron chi connectivity index (χ0n) is 24.0. The summed E-state index contributed by atoms with van der Waals surface area (Å²) in [6.07, 6.45) is 1.74. The molecular formula is C31H38BrN3O5S. The van der Waals surface area contributed by atoms with Crippen LogP contribution in [0.15, 0.2) is 82.2 Å². The summed E-state index contributed by atoms with van der Waals surface area (Å²) >= 11 is 3.46. The molecule has 8 nitrogen and oxygen atoms in total. The Kier molecular flexibility index (Phi) is 11.8. The van der Waals surface area contributed by atoms with Gasteiger partial charge in [0.2, 0.25) is 11.8 Å². The molecule has 0 spiro atoms. The van der Waals surface area contributed by atoms with Crippen LogP contribution in [0.1, 0.15) is 44.7 Å². The van der Waals surface area contributed by atoms with E-state index in [2.05, 4.69) is 21.2 Å². The van der Waals surface area contributed by atoms with Crippen molar-refractivity contribution in [3.05, 3.63) is 88.4 Å². The number of hydrogen-bond donors (Lipinski definition) is 1. The number of halogens is 1. The van der Waals surface area contributed by atoms with Crippen LogP contribution in [0.5, 0.6) is 5.75 Å². The summed E-state index contributed by atoms with van der Waals surface area (Å²) in [7, 11) is -4.15. The van der Waals surface area contributed by atoms with E-state index >= 15 is 0 Å². The molecule has 0 saturated carbocycles. The van der Waals surface area contributed by atoms with Crippen LogP contribution in [0.2, 0.25) is 0 Å². The minimum atomic E-state index is -4.15. The maximum Gasteiger partial charge on any atom is 0.264 e. The first-order valence-electron chi connectivity index (χ1n) is 13.7. The lowest BCUT2D eigenvalue weighted by Crippen LogP contribution is -2.51. The Balaban J connectivity index is 1.99. The zero-order valence-corrected chi connectivity index (χ0v) is 26.4. The van der Waals surface area contributed by atoms with Gasteiger partial charge in [-0.15, -0.1) is 0 Å². The summed E-state index contributed by atoms with van der Waals surface area (Å²) < 4.78 is 35.3. The number of nitrogens with one attached hydrogen (secondary N) is 1. The highest BCUT2D eigenvalue weighted by atomic mass is 79.9. The second kappa shape index (κ2) is 15.0. The maximum absolute atomic E-state index is 14.0. The van der Waals surface area contributed by atoms with Gasteiger partial charge in [0, 0.05) is 17.6 Å². The first kappa shape index (κ1) is 32.1.